The standard InChI is InChI=1S/C18H22N6O3/c1-10(2)16(11(3)25)22-18(26)27-14-7-5-4-6-12(14)23-24-13-8-9-15(19)21-17(13)20/h4-10,16H,1-3H3,(H,22,26)(H4,19,20,21)/b24-23+/t16-/m1/s1. The summed E-state index contributed by atoms with van der Waals surface area (Å²) < 4.78 is 5.29. The maximum Gasteiger partial charge on any atom is 0.413 e. The van der Waals surface area contributed by atoms with Gasteiger partial charge in [0.25, 0.3) is 0 Å². The van der Waals surface area contributed by atoms with Gasteiger partial charge in [-0.3, -0.25) is 4.79 Å². The number of azo groups is 1. The summed E-state index contributed by atoms with van der Waals surface area (Å²) in [6.45, 7) is 5.08. The Kier molecular flexibility index (Phi) is 6.42. The summed E-state index contributed by atoms with van der Waals surface area (Å²) in [7, 11) is 0. The average Bonchev–Trinajstić information content (AvgIpc) is 2.59. The minimum absolute atomic E-state index is 0.0639. The highest BCUT2D eigenvalue weighted by Crippen LogP contribution is 2.30. The van der Waals surface area contributed by atoms with Crippen molar-refractivity contribution in [3.8, 4) is 5.75 Å². The lowest BCUT2D eigenvalue weighted by molar-refractivity contribution is -0.119. The molecule has 1 amide bonds. The predicted molar refractivity (Wildman–Crippen MR) is 102 cm³/mol. The summed E-state index contributed by atoms with van der Waals surface area (Å²) in [5.41, 5.74) is 11.9. The summed E-state index contributed by atoms with van der Waals surface area (Å²) in [6.07, 6.45) is -0.750. The van der Waals surface area contributed by atoms with E-state index in [-0.39, 0.29) is 29.1 Å². The zero-order valence-corrected chi connectivity index (χ0v) is 15.3. The van der Waals surface area contributed by atoms with Crippen LogP contribution in [0.4, 0.5) is 27.8 Å². The van der Waals surface area contributed by atoms with Gasteiger partial charge in [-0.1, -0.05) is 26.0 Å². The van der Waals surface area contributed by atoms with E-state index in [0.29, 0.717) is 11.4 Å². The van der Waals surface area contributed by atoms with Gasteiger partial charge in [-0.2, -0.15) is 0 Å². The van der Waals surface area contributed by atoms with E-state index in [2.05, 4.69) is 20.5 Å². The molecule has 0 fully saturated rings. The number of Topliss-reactive ketones (excluding diaryl/α,β-unsaturated/α-hetero) is 1. The molecule has 0 aliphatic carbocycles. The van der Waals surface area contributed by atoms with Gasteiger partial charge >= 0.3 is 6.09 Å². The maximum atomic E-state index is 12.1. The Balaban J connectivity index is 2.16. The molecule has 27 heavy (non-hydrogen) atoms. The quantitative estimate of drug-likeness (QED) is 0.665. The molecule has 0 radical (unpaired) electrons. The molecule has 0 unspecified atom stereocenters. The van der Waals surface area contributed by atoms with Gasteiger partial charge in [0.1, 0.15) is 17.2 Å². The number of aromatic nitrogens is 1. The first-order valence-electron chi connectivity index (χ1n) is 8.29. The Morgan fingerprint density at radius 1 is 1.07 bits per heavy atom. The van der Waals surface area contributed by atoms with Gasteiger partial charge in [-0.25, -0.2) is 9.78 Å². The lowest BCUT2D eigenvalue weighted by Gasteiger charge is -2.19. The fourth-order valence-corrected chi connectivity index (χ4v) is 2.30. The van der Waals surface area contributed by atoms with E-state index >= 15 is 0 Å². The monoisotopic (exact) mass is 370 g/mol. The molecule has 0 bridgehead atoms. The number of nitrogens with zero attached hydrogens (tertiary/aromatic N) is 3. The van der Waals surface area contributed by atoms with Crippen molar-refractivity contribution < 1.29 is 14.3 Å². The topological polar surface area (TPSA) is 145 Å². The van der Waals surface area contributed by atoms with Crippen LogP contribution in [0.3, 0.4) is 0 Å². The molecule has 0 spiro atoms. The molecule has 5 N–H and O–H groups in total. The molecule has 9 nitrogen and oxygen atoms in total. The number of ketones is 1. The number of carbonyl (C=O) groups excluding carboxylic acids is 2. The van der Waals surface area contributed by atoms with Crippen LogP contribution in [-0.4, -0.2) is 22.9 Å². The van der Waals surface area contributed by atoms with E-state index in [1.54, 1.807) is 36.4 Å². The molecule has 1 aromatic heterocycles. The first kappa shape index (κ1) is 19.8. The highest BCUT2D eigenvalue weighted by atomic mass is 16.6. The molecular weight excluding hydrogens is 348 g/mol. The third kappa shape index (κ3) is 5.50. The van der Waals surface area contributed by atoms with Crippen LogP contribution >= 0.6 is 0 Å². The van der Waals surface area contributed by atoms with Crippen LogP contribution in [0.25, 0.3) is 0 Å². The van der Waals surface area contributed by atoms with Crippen LogP contribution < -0.4 is 21.5 Å². The third-order valence-corrected chi connectivity index (χ3v) is 3.64. The summed E-state index contributed by atoms with van der Waals surface area (Å²) in [6, 6.07) is 9.09. The number of pyridine rings is 1. The summed E-state index contributed by atoms with van der Waals surface area (Å²) in [5, 5.41) is 10.6. The van der Waals surface area contributed by atoms with Crippen LogP contribution in [0.2, 0.25) is 0 Å². The number of ether oxygens (including phenoxy) is 1. The smallest absolute Gasteiger partial charge is 0.408 e. The maximum absolute atomic E-state index is 12.1. The molecule has 2 aromatic rings. The fraction of sp³-hybridized carbons (Fsp3) is 0.278. The van der Waals surface area contributed by atoms with E-state index in [0.717, 1.165) is 0 Å². The van der Waals surface area contributed by atoms with Crippen molar-refractivity contribution in [2.24, 2.45) is 16.1 Å². The first-order chi connectivity index (χ1) is 12.8. The zero-order chi connectivity index (χ0) is 20.0. The minimum Gasteiger partial charge on any atom is -0.408 e. The van der Waals surface area contributed by atoms with Gasteiger partial charge in [0, 0.05) is 0 Å². The van der Waals surface area contributed by atoms with E-state index in [4.69, 9.17) is 16.2 Å². The molecular formula is C18H22N6O3. The van der Waals surface area contributed by atoms with Crippen molar-refractivity contribution in [3.05, 3.63) is 36.4 Å². The average molecular weight is 370 g/mol. The number of nitrogens with one attached hydrogen (secondary N) is 1. The normalized spacial score (nSPS) is 12.1. The molecule has 1 heterocycles. The van der Waals surface area contributed by atoms with Crippen molar-refractivity contribution in [2.45, 2.75) is 26.8 Å². The Morgan fingerprint density at radius 3 is 2.37 bits per heavy atom. The van der Waals surface area contributed by atoms with Crippen molar-refractivity contribution in [2.75, 3.05) is 11.5 Å². The largest absolute Gasteiger partial charge is 0.413 e. The Hall–Kier alpha value is -3.49. The van der Waals surface area contributed by atoms with Gasteiger partial charge < -0.3 is 21.5 Å². The second-order valence-electron chi connectivity index (χ2n) is 6.17. The third-order valence-electron chi connectivity index (χ3n) is 3.64. The Morgan fingerprint density at radius 2 is 1.74 bits per heavy atom. The van der Waals surface area contributed by atoms with E-state index < -0.39 is 12.1 Å². The molecule has 2 rings (SSSR count). The summed E-state index contributed by atoms with van der Waals surface area (Å²) in [4.78, 5) is 27.7. The SMILES string of the molecule is CC(=O)[C@H](NC(=O)Oc1ccccc1/N=N/c1ccc(N)nc1N)C(C)C. The summed E-state index contributed by atoms with van der Waals surface area (Å²) in [5.74, 6) is 0.382. The van der Waals surface area contributed by atoms with Crippen LogP contribution in [0.1, 0.15) is 20.8 Å². The van der Waals surface area contributed by atoms with E-state index in [1.165, 1.54) is 6.92 Å². The van der Waals surface area contributed by atoms with Gasteiger partial charge in [0.15, 0.2) is 17.4 Å². The first-order valence-corrected chi connectivity index (χ1v) is 8.29. The number of nitrogens with two attached hydrogens (primary N) is 2. The van der Waals surface area contributed by atoms with E-state index in [1.807, 2.05) is 13.8 Å². The van der Waals surface area contributed by atoms with Crippen molar-refractivity contribution in [3.63, 3.8) is 0 Å². The highest BCUT2D eigenvalue weighted by molar-refractivity contribution is 5.86. The molecule has 0 saturated carbocycles. The van der Waals surface area contributed by atoms with Gasteiger partial charge in [0.05, 0.1) is 6.04 Å². The molecule has 9 heteroatoms. The number of hydrogen-bond acceptors (Lipinski definition) is 8. The number of para-hydroxylation sites is 1. The minimum atomic E-state index is -0.750. The predicted octanol–water partition coefficient (Wildman–Crippen LogP) is 3.36. The Labute approximate surface area is 156 Å². The van der Waals surface area contributed by atoms with E-state index in [9.17, 15) is 9.59 Å². The number of amides is 1. The number of rotatable bonds is 6. The lowest BCUT2D eigenvalue weighted by Crippen LogP contribution is -2.44. The summed E-state index contributed by atoms with van der Waals surface area (Å²) >= 11 is 0. The molecule has 0 aliphatic heterocycles. The number of nitrogen functional groups attached to an aromatic ring is 2. The van der Waals surface area contributed by atoms with Crippen molar-refractivity contribution in [1.29, 1.82) is 0 Å². The number of benzene rings is 1. The second-order valence-corrected chi connectivity index (χ2v) is 6.17. The van der Waals surface area contributed by atoms with Crippen LogP contribution in [0.15, 0.2) is 46.6 Å². The van der Waals surface area contributed by atoms with Gasteiger partial charge in [0.2, 0.25) is 0 Å². The highest BCUT2D eigenvalue weighted by Gasteiger charge is 2.22. The zero-order valence-electron chi connectivity index (χ0n) is 15.3. The van der Waals surface area contributed by atoms with Crippen molar-refractivity contribution in [1.82, 2.24) is 10.3 Å². The van der Waals surface area contributed by atoms with Crippen molar-refractivity contribution >= 4 is 34.9 Å². The molecule has 1 aromatic carbocycles. The van der Waals surface area contributed by atoms with Crippen LogP contribution in [0.5, 0.6) is 5.75 Å². The lowest BCUT2D eigenvalue weighted by atomic mass is 10.0. The fourth-order valence-electron chi connectivity index (χ4n) is 2.30. The van der Waals surface area contributed by atoms with Crippen LogP contribution in [0, 0.1) is 5.92 Å². The number of carbonyl (C=O) groups is 2. The number of hydrogen-bond donors (Lipinski definition) is 3. The van der Waals surface area contributed by atoms with Gasteiger partial charge in [-0.15, -0.1) is 10.2 Å². The number of anilines is 2. The molecule has 1 atom stereocenters. The molecule has 142 valence electrons. The molecule has 0 saturated heterocycles. The van der Waals surface area contributed by atoms with Crippen LogP contribution in [-0.2, 0) is 4.79 Å². The Bertz CT molecular complexity index is 866. The second kappa shape index (κ2) is 8.75. The van der Waals surface area contributed by atoms with Gasteiger partial charge in [-0.05, 0) is 37.1 Å². The molecule has 0 aliphatic rings.